The molecule has 3 fully saturated rings. The van der Waals surface area contributed by atoms with Gasteiger partial charge in [0.15, 0.2) is 12.4 Å². The van der Waals surface area contributed by atoms with Gasteiger partial charge in [-0.05, 0) is 57.1 Å². The lowest BCUT2D eigenvalue weighted by molar-refractivity contribution is -0.327. The molecule has 0 aromatic carbocycles. The number of hydrogen-bond acceptors (Lipinski definition) is 13. The molecule has 4 aliphatic rings. The summed E-state index contributed by atoms with van der Waals surface area (Å²) in [5.41, 5.74) is -1.07. The smallest absolute Gasteiger partial charge is 0.330 e. The summed E-state index contributed by atoms with van der Waals surface area (Å²) in [4.78, 5) is 37.7. The van der Waals surface area contributed by atoms with Gasteiger partial charge in [-0.15, -0.1) is 0 Å². The van der Waals surface area contributed by atoms with Crippen LogP contribution in [0.3, 0.4) is 0 Å². The molecule has 0 aromatic rings. The predicted molar refractivity (Wildman–Crippen MR) is 161 cm³/mol. The zero-order valence-electron chi connectivity index (χ0n) is 27.4. The van der Waals surface area contributed by atoms with Crippen LogP contribution in [0.1, 0.15) is 85.5 Å². The van der Waals surface area contributed by atoms with E-state index >= 15 is 0 Å². The van der Waals surface area contributed by atoms with Gasteiger partial charge in [-0.25, -0.2) is 4.79 Å². The van der Waals surface area contributed by atoms with Crippen LogP contribution in [0.2, 0.25) is 0 Å². The highest BCUT2D eigenvalue weighted by Gasteiger charge is 2.57. The average molecular weight is 655 g/mol. The van der Waals surface area contributed by atoms with Gasteiger partial charge in [0.2, 0.25) is 5.79 Å². The third-order valence-corrected chi connectivity index (χ3v) is 9.15. The van der Waals surface area contributed by atoms with Gasteiger partial charge >= 0.3 is 17.9 Å². The van der Waals surface area contributed by atoms with Gasteiger partial charge in [0.05, 0.1) is 56.8 Å². The number of carbonyl (C=O) groups excluding carboxylic acids is 3. The van der Waals surface area contributed by atoms with Gasteiger partial charge in [-0.2, -0.15) is 0 Å². The summed E-state index contributed by atoms with van der Waals surface area (Å²) in [5.74, 6) is -4.41. The van der Waals surface area contributed by atoms with Crippen molar-refractivity contribution in [1.29, 1.82) is 0 Å². The number of aliphatic hydroxyl groups excluding tert-OH is 2. The molecule has 0 aromatic heterocycles. The fourth-order valence-electron chi connectivity index (χ4n) is 6.61. The van der Waals surface area contributed by atoms with Gasteiger partial charge in [0, 0.05) is 31.3 Å². The van der Waals surface area contributed by atoms with Crippen molar-refractivity contribution in [1.82, 2.24) is 0 Å². The second-order valence-electron chi connectivity index (χ2n) is 13.4. The second kappa shape index (κ2) is 15.7. The first-order valence-corrected chi connectivity index (χ1v) is 16.2. The highest BCUT2D eigenvalue weighted by molar-refractivity contribution is 5.83. The van der Waals surface area contributed by atoms with Crippen LogP contribution >= 0.6 is 0 Å². The monoisotopic (exact) mass is 654 g/mol. The lowest BCUT2D eigenvalue weighted by Crippen LogP contribution is -2.62. The molecule has 0 radical (unpaired) electrons. The van der Waals surface area contributed by atoms with Gasteiger partial charge in [-0.1, -0.05) is 19.9 Å². The second-order valence-corrected chi connectivity index (χ2v) is 13.4. The van der Waals surface area contributed by atoms with Crippen LogP contribution < -0.4 is 0 Å². The van der Waals surface area contributed by atoms with Gasteiger partial charge < -0.3 is 48.5 Å². The quantitative estimate of drug-likeness (QED) is 0.175. The van der Waals surface area contributed by atoms with Crippen LogP contribution in [0, 0.1) is 5.41 Å². The normalized spacial score (nSPS) is 39.7. The molecule has 0 saturated carbocycles. The molecule has 6 bridgehead atoms. The third-order valence-electron chi connectivity index (χ3n) is 9.15. The Morgan fingerprint density at radius 2 is 1.74 bits per heavy atom. The maximum atomic E-state index is 12.9. The molecule has 0 amide bonds. The third kappa shape index (κ3) is 9.36. The van der Waals surface area contributed by atoms with Gasteiger partial charge in [-0.3, -0.25) is 9.59 Å². The minimum atomic E-state index is -2.25. The molecule has 13 heteroatoms. The maximum absolute atomic E-state index is 12.9. The summed E-state index contributed by atoms with van der Waals surface area (Å²) in [6.45, 7) is 6.43. The van der Waals surface area contributed by atoms with E-state index in [0.717, 1.165) is 25.3 Å². The van der Waals surface area contributed by atoms with E-state index in [4.69, 9.17) is 33.2 Å². The minimum Gasteiger partial charge on any atom is -0.466 e. The fourth-order valence-corrected chi connectivity index (χ4v) is 6.61. The first kappa shape index (κ1) is 36.4. The Morgan fingerprint density at radius 3 is 2.41 bits per heavy atom. The zero-order chi connectivity index (χ0) is 33.6. The Balaban J connectivity index is 1.72. The highest BCUT2D eigenvalue weighted by atomic mass is 16.7. The molecule has 10 atom stereocenters. The molecule has 260 valence electrons. The summed E-state index contributed by atoms with van der Waals surface area (Å²) >= 11 is 0. The molecule has 0 aliphatic carbocycles. The number of hydrogen-bond donors (Lipinski definition) is 3. The van der Waals surface area contributed by atoms with E-state index in [9.17, 15) is 29.7 Å². The highest BCUT2D eigenvalue weighted by Crippen LogP contribution is 2.47. The number of methoxy groups -OCH3 is 1. The van der Waals surface area contributed by atoms with Crippen LogP contribution in [-0.4, -0.2) is 108 Å². The molecule has 0 spiro atoms. The Labute approximate surface area is 270 Å². The van der Waals surface area contributed by atoms with Crippen molar-refractivity contribution >= 4 is 17.9 Å². The largest absolute Gasteiger partial charge is 0.466 e. The predicted octanol–water partition coefficient (Wildman–Crippen LogP) is 2.37. The van der Waals surface area contributed by atoms with Crippen LogP contribution in [0.25, 0.3) is 0 Å². The molecule has 3 unspecified atom stereocenters. The number of fused-ring (bicyclic) bond motifs is 6. The van der Waals surface area contributed by atoms with Crippen LogP contribution in [0.5, 0.6) is 0 Å². The van der Waals surface area contributed by atoms with Crippen LogP contribution in [0.4, 0.5) is 0 Å². The molecule has 4 heterocycles. The molecule has 46 heavy (non-hydrogen) atoms. The Kier molecular flexibility index (Phi) is 12.4. The van der Waals surface area contributed by atoms with Gasteiger partial charge in [0.25, 0.3) is 0 Å². The van der Waals surface area contributed by atoms with E-state index in [1.807, 2.05) is 0 Å². The molecule has 3 N–H and O–H groups in total. The summed E-state index contributed by atoms with van der Waals surface area (Å²) in [6, 6.07) is 0. The van der Waals surface area contributed by atoms with E-state index in [-0.39, 0.29) is 49.6 Å². The van der Waals surface area contributed by atoms with Crippen LogP contribution in [-0.2, 0) is 47.5 Å². The van der Waals surface area contributed by atoms with Crippen LogP contribution in [0.15, 0.2) is 23.8 Å². The molecule has 3 saturated heterocycles. The lowest BCUT2D eigenvalue weighted by atomic mass is 9.74. The molecular weight excluding hydrogens is 604 g/mol. The molecule has 4 rings (SSSR count). The Bertz CT molecular complexity index is 1130. The van der Waals surface area contributed by atoms with Crippen molar-refractivity contribution in [3.63, 3.8) is 0 Å². The van der Waals surface area contributed by atoms with E-state index in [2.05, 4.69) is 0 Å². The minimum absolute atomic E-state index is 0.0186. The van der Waals surface area contributed by atoms with Gasteiger partial charge in [0.1, 0.15) is 6.10 Å². The zero-order valence-corrected chi connectivity index (χ0v) is 27.4. The Morgan fingerprint density at radius 1 is 1.04 bits per heavy atom. The maximum Gasteiger partial charge on any atom is 0.330 e. The Hall–Kier alpha value is -2.39. The summed E-state index contributed by atoms with van der Waals surface area (Å²) in [6.07, 6.45) is 1.43. The van der Waals surface area contributed by atoms with E-state index in [1.165, 1.54) is 21.0 Å². The topological polar surface area (TPSA) is 177 Å². The summed E-state index contributed by atoms with van der Waals surface area (Å²) < 4.78 is 40.8. The number of carbonyl (C=O) groups is 3. The van der Waals surface area contributed by atoms with Crippen molar-refractivity contribution in [2.45, 2.75) is 146 Å². The number of ether oxygens (including phenoxy) is 7. The average Bonchev–Trinajstić information content (AvgIpc) is 2.97. The SMILES string of the molecule is COC(=O)/C=C1\CC2CC([C@@H](C)O)OC(=O)CC(O)C[C@@H]3CCC[C@H](C[C@@H]4CCO[C@H](/C=C/C(C)(C)[C@](O)(O2)[C@H]1OC(C)=O)O4)O3. The summed E-state index contributed by atoms with van der Waals surface area (Å²) in [5, 5.41) is 33.7. The molecule has 13 nitrogen and oxygen atoms in total. The van der Waals surface area contributed by atoms with Crippen molar-refractivity contribution in [2.75, 3.05) is 13.7 Å². The van der Waals surface area contributed by atoms with E-state index < -0.39 is 65.9 Å². The van der Waals surface area contributed by atoms with Crippen molar-refractivity contribution in [2.24, 2.45) is 5.41 Å². The van der Waals surface area contributed by atoms with E-state index in [1.54, 1.807) is 26.0 Å². The molecule has 4 aliphatic heterocycles. The number of rotatable bonds is 3. The first-order chi connectivity index (χ1) is 21.7. The summed E-state index contributed by atoms with van der Waals surface area (Å²) in [7, 11) is 1.20. The van der Waals surface area contributed by atoms with Crippen molar-refractivity contribution in [3.05, 3.63) is 23.8 Å². The lowest BCUT2D eigenvalue weighted by Gasteiger charge is -2.51. The van der Waals surface area contributed by atoms with E-state index in [0.29, 0.717) is 19.4 Å². The molecular formula is C33H50O13. The number of esters is 3. The fraction of sp³-hybridized carbons (Fsp3) is 0.788. The van der Waals surface area contributed by atoms with Crippen molar-refractivity contribution in [3.8, 4) is 0 Å². The van der Waals surface area contributed by atoms with Crippen molar-refractivity contribution < 1.29 is 62.9 Å². The first-order valence-electron chi connectivity index (χ1n) is 16.2. The number of cyclic esters (lactones) is 1. The standard InChI is InChI=1S/C33H50O13/c1-19(34)27-18-26-13-21(14-28(37)40-5)31(42-20(2)35)33(39,46-26)32(3,4)11-9-30-41-12-10-25(44-30)17-24-8-6-7-23(43-24)15-22(36)16-29(38)45-27/h9,11,14,19,22-27,30-31,34,36,39H,6-8,10,12-13,15-18H2,1-5H3/b11-9+,21-14+/t19-,22?,23+,24-,25+,26?,27?,30+,31+,33-/m1/s1. The number of aliphatic hydroxyl groups is 3.